The number of carbonyl (C=O) groups is 1. The Labute approximate surface area is 182 Å². The van der Waals surface area contributed by atoms with Crippen molar-refractivity contribution in [2.75, 3.05) is 26.2 Å². The number of aromatic nitrogens is 1. The van der Waals surface area contributed by atoms with Gasteiger partial charge < -0.3 is 15.2 Å². The Morgan fingerprint density at radius 3 is 2.76 bits per heavy atom. The van der Waals surface area contributed by atoms with Gasteiger partial charge in [-0.2, -0.15) is 0 Å². The van der Waals surface area contributed by atoms with Crippen LogP contribution >= 0.6 is 15.9 Å². The number of amides is 2. The molecule has 0 radical (unpaired) electrons. The first-order valence-electron chi connectivity index (χ1n) is 11.1. The molecule has 1 aromatic heterocycles. The number of H-pyrrole nitrogens is 1. The third kappa shape index (κ3) is 3.70. The number of hydrogen-bond acceptors (Lipinski definition) is 2. The molecule has 2 aromatic rings. The number of hydrogen-bond donors (Lipinski definition) is 2. The molecule has 0 bridgehead atoms. The van der Waals surface area contributed by atoms with Gasteiger partial charge in [-0.15, -0.1) is 0 Å². The monoisotopic (exact) mass is 460 g/mol. The average Bonchev–Trinajstić information content (AvgIpc) is 2.99. The number of aryl methyl sites for hydroxylation is 1. The highest BCUT2D eigenvalue weighted by Crippen LogP contribution is 2.45. The Morgan fingerprint density at radius 2 is 2.07 bits per heavy atom. The van der Waals surface area contributed by atoms with Crippen LogP contribution in [0.25, 0.3) is 10.9 Å². The molecule has 2 aliphatic rings. The van der Waals surface area contributed by atoms with E-state index >= 15 is 0 Å². The Morgan fingerprint density at radius 1 is 1.31 bits per heavy atom. The molecule has 1 fully saturated rings. The summed E-state index contributed by atoms with van der Waals surface area (Å²) in [6.07, 6.45) is 3.24. The van der Waals surface area contributed by atoms with Crippen LogP contribution in [0.2, 0.25) is 0 Å². The third-order valence-corrected chi connectivity index (χ3v) is 7.30. The number of piperidine rings is 1. The molecule has 3 unspecified atom stereocenters. The van der Waals surface area contributed by atoms with Crippen LogP contribution in [0.4, 0.5) is 4.79 Å². The van der Waals surface area contributed by atoms with Crippen LogP contribution < -0.4 is 5.32 Å². The van der Waals surface area contributed by atoms with E-state index in [1.54, 1.807) is 0 Å². The van der Waals surface area contributed by atoms with E-state index in [0.29, 0.717) is 12.0 Å². The third-order valence-electron chi connectivity index (χ3n) is 6.84. The zero-order valence-corrected chi connectivity index (χ0v) is 19.6. The van der Waals surface area contributed by atoms with Gasteiger partial charge in [-0.25, -0.2) is 4.79 Å². The van der Waals surface area contributed by atoms with E-state index in [2.05, 4.69) is 57.1 Å². The van der Waals surface area contributed by atoms with Gasteiger partial charge in [0.05, 0.1) is 0 Å². The molecular weight excluding hydrogens is 428 g/mol. The van der Waals surface area contributed by atoms with E-state index in [9.17, 15) is 4.79 Å². The maximum Gasteiger partial charge on any atom is 0.317 e. The standard InChI is InChI=1S/C23H33BrN4O/c1-5-8-28-13-16(26-23(29)27(6-2)7-3)11-18-19-9-15(24)10-20-22(19)17(12-21(18)28)14(4)25-20/h9-10,16,18,21,25H,5-8,11-13H2,1-4H3,(H,26,29). The van der Waals surface area contributed by atoms with Crippen LogP contribution in [0.3, 0.4) is 0 Å². The summed E-state index contributed by atoms with van der Waals surface area (Å²) >= 11 is 3.73. The Balaban J connectivity index is 1.69. The number of aromatic amines is 1. The number of halogens is 1. The topological polar surface area (TPSA) is 51.4 Å². The first-order valence-corrected chi connectivity index (χ1v) is 11.9. The van der Waals surface area contributed by atoms with Crippen molar-refractivity contribution in [3.8, 4) is 0 Å². The van der Waals surface area contributed by atoms with E-state index in [-0.39, 0.29) is 12.1 Å². The predicted molar refractivity (Wildman–Crippen MR) is 123 cm³/mol. The quantitative estimate of drug-likeness (QED) is 0.673. The lowest BCUT2D eigenvalue weighted by Crippen LogP contribution is -2.57. The summed E-state index contributed by atoms with van der Waals surface area (Å²) in [5, 5.41) is 4.76. The van der Waals surface area contributed by atoms with E-state index in [4.69, 9.17) is 0 Å². The summed E-state index contributed by atoms with van der Waals surface area (Å²) in [6.45, 7) is 12.0. The Bertz CT molecular complexity index is 904. The number of nitrogens with one attached hydrogen (secondary N) is 2. The van der Waals surface area contributed by atoms with Crippen molar-refractivity contribution in [2.24, 2.45) is 0 Å². The predicted octanol–water partition coefficient (Wildman–Crippen LogP) is 4.78. The first kappa shape index (κ1) is 20.7. The lowest BCUT2D eigenvalue weighted by Gasteiger charge is -2.47. The van der Waals surface area contributed by atoms with E-state index in [1.807, 2.05) is 18.7 Å². The van der Waals surface area contributed by atoms with Crippen LogP contribution in [0, 0.1) is 6.92 Å². The van der Waals surface area contributed by atoms with Gasteiger partial charge in [-0.1, -0.05) is 22.9 Å². The second-order valence-electron chi connectivity index (χ2n) is 8.57. The molecule has 1 saturated heterocycles. The average molecular weight is 461 g/mol. The van der Waals surface area contributed by atoms with Crippen molar-refractivity contribution in [2.45, 2.75) is 65.0 Å². The van der Waals surface area contributed by atoms with Gasteiger partial charge in [-0.05, 0) is 69.8 Å². The molecule has 2 amide bonds. The van der Waals surface area contributed by atoms with E-state index < -0.39 is 0 Å². The summed E-state index contributed by atoms with van der Waals surface area (Å²) in [4.78, 5) is 20.8. The maximum absolute atomic E-state index is 12.7. The maximum atomic E-state index is 12.7. The fourth-order valence-corrected chi connectivity index (χ4v) is 6.00. The molecule has 0 saturated carbocycles. The zero-order chi connectivity index (χ0) is 20.7. The Hall–Kier alpha value is -1.53. The largest absolute Gasteiger partial charge is 0.358 e. The summed E-state index contributed by atoms with van der Waals surface area (Å²) < 4.78 is 1.13. The molecule has 2 N–H and O–H groups in total. The molecule has 1 aromatic carbocycles. The summed E-state index contributed by atoms with van der Waals surface area (Å²) in [6, 6.07) is 5.28. The molecule has 29 heavy (non-hydrogen) atoms. The summed E-state index contributed by atoms with van der Waals surface area (Å²) in [5.74, 6) is 0.444. The number of carbonyl (C=O) groups excluding carboxylic acids is 1. The smallest absolute Gasteiger partial charge is 0.317 e. The van der Waals surface area contributed by atoms with Crippen LogP contribution in [0.15, 0.2) is 16.6 Å². The SMILES string of the molecule is CCCN1CC(NC(=O)N(CC)CC)CC2c3cc(Br)cc4[nH]c(C)c(c34)CC21. The fourth-order valence-electron chi connectivity index (χ4n) is 5.53. The Kier molecular flexibility index (Phi) is 5.94. The lowest BCUT2D eigenvalue weighted by atomic mass is 9.73. The second-order valence-corrected chi connectivity index (χ2v) is 9.49. The highest BCUT2D eigenvalue weighted by atomic mass is 79.9. The van der Waals surface area contributed by atoms with Crippen LogP contribution in [-0.4, -0.2) is 59.1 Å². The molecule has 158 valence electrons. The van der Waals surface area contributed by atoms with Crippen molar-refractivity contribution in [1.82, 2.24) is 20.1 Å². The molecule has 3 atom stereocenters. The van der Waals surface area contributed by atoms with Gasteiger partial charge in [0.25, 0.3) is 0 Å². The van der Waals surface area contributed by atoms with E-state index in [0.717, 1.165) is 49.9 Å². The molecule has 1 aliphatic heterocycles. The highest BCUT2D eigenvalue weighted by molar-refractivity contribution is 9.10. The molecular formula is C23H33BrN4O. The number of benzene rings is 1. The van der Waals surface area contributed by atoms with Crippen molar-refractivity contribution in [3.05, 3.63) is 33.4 Å². The van der Waals surface area contributed by atoms with Gasteiger partial charge in [0.15, 0.2) is 0 Å². The minimum atomic E-state index is 0.0725. The molecule has 1 aliphatic carbocycles. The van der Waals surface area contributed by atoms with Gasteiger partial charge in [0.2, 0.25) is 0 Å². The number of likely N-dealkylation sites (tertiary alicyclic amines) is 1. The summed E-state index contributed by atoms with van der Waals surface area (Å²) in [5.41, 5.74) is 5.45. The zero-order valence-electron chi connectivity index (χ0n) is 18.0. The number of urea groups is 1. The summed E-state index contributed by atoms with van der Waals surface area (Å²) in [7, 11) is 0. The number of nitrogens with zero attached hydrogens (tertiary/aromatic N) is 2. The lowest BCUT2D eigenvalue weighted by molar-refractivity contribution is 0.0978. The van der Waals surface area contributed by atoms with Gasteiger partial charge >= 0.3 is 6.03 Å². The number of rotatable bonds is 5. The normalized spacial score (nSPS) is 23.8. The van der Waals surface area contributed by atoms with Gasteiger partial charge in [-0.3, -0.25) is 4.90 Å². The number of fused-ring (bicyclic) bond motifs is 2. The van der Waals surface area contributed by atoms with E-state index in [1.165, 1.54) is 27.7 Å². The fraction of sp³-hybridized carbons (Fsp3) is 0.609. The minimum Gasteiger partial charge on any atom is -0.358 e. The van der Waals surface area contributed by atoms with Crippen molar-refractivity contribution >= 4 is 32.9 Å². The highest BCUT2D eigenvalue weighted by Gasteiger charge is 2.41. The molecule has 0 spiro atoms. The molecule has 5 nitrogen and oxygen atoms in total. The van der Waals surface area contributed by atoms with Crippen molar-refractivity contribution in [1.29, 1.82) is 0 Å². The second kappa shape index (κ2) is 8.31. The van der Waals surface area contributed by atoms with Crippen molar-refractivity contribution < 1.29 is 4.79 Å². The van der Waals surface area contributed by atoms with Gasteiger partial charge in [0, 0.05) is 58.7 Å². The molecule has 2 heterocycles. The van der Waals surface area contributed by atoms with Gasteiger partial charge in [0.1, 0.15) is 0 Å². The minimum absolute atomic E-state index is 0.0725. The van der Waals surface area contributed by atoms with Crippen LogP contribution in [0.1, 0.15) is 56.4 Å². The van der Waals surface area contributed by atoms with Crippen LogP contribution in [0.5, 0.6) is 0 Å². The van der Waals surface area contributed by atoms with Crippen molar-refractivity contribution in [3.63, 3.8) is 0 Å². The molecule has 4 rings (SSSR count). The first-order chi connectivity index (χ1) is 14.0. The molecule has 6 heteroatoms. The van der Waals surface area contributed by atoms with Crippen LogP contribution in [-0.2, 0) is 6.42 Å².